The van der Waals surface area contributed by atoms with Gasteiger partial charge in [-0.05, 0) is 6.07 Å². The lowest BCUT2D eigenvalue weighted by Gasteiger charge is -2.36. The van der Waals surface area contributed by atoms with Crippen LogP contribution >= 0.6 is 11.6 Å². The minimum atomic E-state index is -1.32. The molecule has 9 heteroatoms. The maximum Gasteiger partial charge on any atom is 0.271 e. The highest BCUT2D eigenvalue weighted by molar-refractivity contribution is 6.32. The first-order valence-electron chi connectivity index (χ1n) is 6.15. The lowest BCUT2D eigenvalue weighted by molar-refractivity contribution is -0.384. The van der Waals surface area contributed by atoms with E-state index in [1.807, 2.05) is 0 Å². The van der Waals surface area contributed by atoms with Gasteiger partial charge in [0.05, 0.1) is 28.8 Å². The first-order chi connectivity index (χ1) is 9.92. The lowest BCUT2D eigenvalue weighted by Crippen LogP contribution is -2.51. The van der Waals surface area contributed by atoms with Crippen LogP contribution < -0.4 is 4.74 Å². The van der Waals surface area contributed by atoms with Crippen LogP contribution in [0.4, 0.5) is 5.69 Å². The van der Waals surface area contributed by atoms with Crippen molar-refractivity contribution < 1.29 is 29.7 Å². The second-order valence-corrected chi connectivity index (χ2v) is 5.00. The number of hydrogen-bond donors (Lipinski definition) is 3. The van der Waals surface area contributed by atoms with E-state index >= 15 is 0 Å². The molecule has 4 atom stereocenters. The van der Waals surface area contributed by atoms with E-state index in [0.29, 0.717) is 0 Å². The van der Waals surface area contributed by atoms with E-state index in [1.165, 1.54) is 12.1 Å². The molecule has 1 heterocycles. The Bertz CT molecular complexity index is 526. The molecule has 3 N–H and O–H groups in total. The standard InChI is InChI=1S/C12H14ClNO7/c13-8-3-6(14(18)19)1-2-10(8)21-12-11(17)9(16)4-7(5-15)20-12/h1-3,7,9,11-12,15-17H,4-5H2/t7-,9-,11+,12+/m0/s1. The summed E-state index contributed by atoms with van der Waals surface area (Å²) < 4.78 is 10.6. The second kappa shape index (κ2) is 6.54. The number of halogens is 1. The van der Waals surface area contributed by atoms with Gasteiger partial charge in [0, 0.05) is 18.6 Å². The monoisotopic (exact) mass is 319 g/mol. The normalized spacial score (nSPS) is 29.1. The van der Waals surface area contributed by atoms with E-state index in [1.54, 1.807) is 0 Å². The maximum atomic E-state index is 10.6. The molecule has 0 saturated carbocycles. The van der Waals surface area contributed by atoms with Crippen molar-refractivity contribution in [2.45, 2.75) is 31.0 Å². The highest BCUT2D eigenvalue weighted by Gasteiger charge is 2.38. The third kappa shape index (κ3) is 3.60. The second-order valence-electron chi connectivity index (χ2n) is 4.59. The molecule has 0 amide bonds. The van der Waals surface area contributed by atoms with Crippen molar-refractivity contribution in [3.63, 3.8) is 0 Å². The van der Waals surface area contributed by atoms with Gasteiger partial charge >= 0.3 is 0 Å². The van der Waals surface area contributed by atoms with Crippen molar-refractivity contribution >= 4 is 17.3 Å². The van der Waals surface area contributed by atoms with Gasteiger partial charge in [-0.1, -0.05) is 11.6 Å². The number of aliphatic hydroxyl groups excluding tert-OH is 3. The molecule has 8 nitrogen and oxygen atoms in total. The number of aliphatic hydroxyl groups is 3. The molecular formula is C12H14ClNO7. The summed E-state index contributed by atoms with van der Waals surface area (Å²) in [4.78, 5) is 10.0. The third-order valence-corrected chi connectivity index (χ3v) is 3.37. The average Bonchev–Trinajstić information content (AvgIpc) is 2.45. The van der Waals surface area contributed by atoms with Crippen LogP contribution in [-0.4, -0.2) is 51.5 Å². The molecule has 116 valence electrons. The molecule has 0 unspecified atom stereocenters. The molecule has 0 aliphatic carbocycles. The quantitative estimate of drug-likeness (QED) is 0.544. The highest BCUT2D eigenvalue weighted by Crippen LogP contribution is 2.31. The number of nitro groups is 1. The summed E-state index contributed by atoms with van der Waals surface area (Å²) in [6, 6.07) is 3.56. The molecule has 2 rings (SSSR count). The summed E-state index contributed by atoms with van der Waals surface area (Å²) in [6.07, 6.45) is -4.27. The van der Waals surface area contributed by atoms with E-state index < -0.39 is 29.5 Å². The van der Waals surface area contributed by atoms with Gasteiger partial charge in [0.2, 0.25) is 6.29 Å². The Morgan fingerprint density at radius 1 is 1.48 bits per heavy atom. The van der Waals surface area contributed by atoms with Crippen molar-refractivity contribution in [1.29, 1.82) is 0 Å². The third-order valence-electron chi connectivity index (χ3n) is 3.08. The number of nitrogens with zero attached hydrogens (tertiary/aromatic N) is 1. The summed E-state index contributed by atoms with van der Waals surface area (Å²) in [7, 11) is 0. The number of hydrogen-bond acceptors (Lipinski definition) is 7. The highest BCUT2D eigenvalue weighted by atomic mass is 35.5. The average molecular weight is 320 g/mol. The van der Waals surface area contributed by atoms with Crippen molar-refractivity contribution in [2.75, 3.05) is 6.61 Å². The van der Waals surface area contributed by atoms with E-state index in [2.05, 4.69) is 0 Å². The van der Waals surface area contributed by atoms with Crippen molar-refractivity contribution in [1.82, 2.24) is 0 Å². The van der Waals surface area contributed by atoms with Crippen LogP contribution in [0.2, 0.25) is 5.02 Å². The molecule has 0 spiro atoms. The van der Waals surface area contributed by atoms with Crippen LogP contribution in [0.25, 0.3) is 0 Å². The molecule has 0 bridgehead atoms. The minimum absolute atomic E-state index is 0.0272. The number of non-ortho nitro benzene ring substituents is 1. The summed E-state index contributed by atoms with van der Waals surface area (Å²) in [5, 5.41) is 39.1. The van der Waals surface area contributed by atoms with Gasteiger partial charge in [-0.15, -0.1) is 0 Å². The molecule has 1 fully saturated rings. The zero-order valence-electron chi connectivity index (χ0n) is 10.8. The molecule has 1 saturated heterocycles. The van der Waals surface area contributed by atoms with Crippen molar-refractivity contribution in [3.05, 3.63) is 33.3 Å². The largest absolute Gasteiger partial charge is 0.460 e. The minimum Gasteiger partial charge on any atom is -0.460 e. The van der Waals surface area contributed by atoms with Gasteiger partial charge in [-0.2, -0.15) is 0 Å². The fraction of sp³-hybridized carbons (Fsp3) is 0.500. The molecule has 0 aromatic heterocycles. The van der Waals surface area contributed by atoms with Crippen LogP contribution in [0.1, 0.15) is 6.42 Å². The Balaban J connectivity index is 2.14. The Morgan fingerprint density at radius 3 is 2.76 bits per heavy atom. The van der Waals surface area contributed by atoms with Crippen molar-refractivity contribution in [2.24, 2.45) is 0 Å². The number of rotatable bonds is 4. The molecule has 0 radical (unpaired) electrons. The Morgan fingerprint density at radius 2 is 2.19 bits per heavy atom. The number of benzene rings is 1. The fourth-order valence-corrected chi connectivity index (χ4v) is 2.17. The number of nitro benzene ring substituents is 1. The molecule has 1 aliphatic heterocycles. The van der Waals surface area contributed by atoms with E-state index in [-0.39, 0.29) is 29.5 Å². The summed E-state index contributed by atoms with van der Waals surface area (Å²) in [5.41, 5.74) is -0.203. The summed E-state index contributed by atoms with van der Waals surface area (Å²) >= 11 is 5.87. The Labute approximate surface area is 124 Å². The van der Waals surface area contributed by atoms with E-state index in [4.69, 9.17) is 26.2 Å². The predicted octanol–water partition coefficient (Wildman–Crippen LogP) is 0.456. The van der Waals surface area contributed by atoms with E-state index in [0.717, 1.165) is 6.07 Å². The van der Waals surface area contributed by atoms with Gasteiger partial charge in [0.1, 0.15) is 11.9 Å². The van der Waals surface area contributed by atoms with Crippen LogP contribution in [-0.2, 0) is 4.74 Å². The summed E-state index contributed by atoms with van der Waals surface area (Å²) in [6.45, 7) is -0.336. The SMILES string of the molecule is O=[N+]([O-])c1ccc(O[C@H]2O[C@H](CO)C[C@H](O)[C@H]2O)c(Cl)c1. The lowest BCUT2D eigenvalue weighted by atomic mass is 10.0. The van der Waals surface area contributed by atoms with E-state index in [9.17, 15) is 20.3 Å². The smallest absolute Gasteiger partial charge is 0.271 e. The first-order valence-corrected chi connectivity index (χ1v) is 6.53. The number of ether oxygens (including phenoxy) is 2. The Kier molecular flexibility index (Phi) is 4.96. The Hall–Kier alpha value is -1.45. The fourth-order valence-electron chi connectivity index (χ4n) is 1.95. The zero-order chi connectivity index (χ0) is 15.6. The van der Waals surface area contributed by atoms with Crippen LogP contribution in [0.3, 0.4) is 0 Å². The molecule has 1 aromatic carbocycles. The van der Waals surface area contributed by atoms with Gasteiger partial charge in [-0.3, -0.25) is 10.1 Å². The van der Waals surface area contributed by atoms with Crippen molar-refractivity contribution in [3.8, 4) is 5.75 Å². The van der Waals surface area contributed by atoms with Gasteiger partial charge in [0.25, 0.3) is 5.69 Å². The maximum absolute atomic E-state index is 10.6. The molecule has 1 aliphatic rings. The zero-order valence-corrected chi connectivity index (χ0v) is 11.5. The first kappa shape index (κ1) is 15.9. The molecule has 21 heavy (non-hydrogen) atoms. The van der Waals surface area contributed by atoms with Gasteiger partial charge in [0.15, 0.2) is 0 Å². The van der Waals surface area contributed by atoms with Crippen LogP contribution in [0.5, 0.6) is 5.75 Å². The predicted molar refractivity (Wildman–Crippen MR) is 71.1 cm³/mol. The van der Waals surface area contributed by atoms with Crippen LogP contribution in [0.15, 0.2) is 18.2 Å². The molecule has 1 aromatic rings. The van der Waals surface area contributed by atoms with Gasteiger partial charge in [-0.25, -0.2) is 0 Å². The van der Waals surface area contributed by atoms with Gasteiger partial charge < -0.3 is 24.8 Å². The molecular weight excluding hydrogens is 306 g/mol. The summed E-state index contributed by atoms with van der Waals surface area (Å²) in [5.74, 6) is 0.0668. The topological polar surface area (TPSA) is 122 Å². The van der Waals surface area contributed by atoms with Crippen LogP contribution in [0, 0.1) is 10.1 Å².